The third-order valence-electron chi connectivity index (χ3n) is 2.30. The van der Waals surface area contributed by atoms with Gasteiger partial charge in [0.1, 0.15) is 4.90 Å². The van der Waals surface area contributed by atoms with E-state index in [1.165, 1.54) is 20.2 Å². The first kappa shape index (κ1) is 15.0. The summed E-state index contributed by atoms with van der Waals surface area (Å²) in [6, 6.07) is 4.85. The van der Waals surface area contributed by atoms with Gasteiger partial charge >= 0.3 is 0 Å². The Labute approximate surface area is 116 Å². The van der Waals surface area contributed by atoms with Crippen molar-refractivity contribution in [1.29, 1.82) is 0 Å². The minimum atomic E-state index is -3.53. The first-order valence-corrected chi connectivity index (χ1v) is 7.38. The van der Waals surface area contributed by atoms with Crippen LogP contribution in [-0.4, -0.2) is 33.4 Å². The predicted molar refractivity (Wildman–Crippen MR) is 78.3 cm³/mol. The molecule has 0 amide bonds. The van der Waals surface area contributed by atoms with Gasteiger partial charge in [-0.3, -0.25) is 0 Å². The van der Waals surface area contributed by atoms with Gasteiger partial charge < -0.3 is 11.1 Å². The number of sulfonamides is 1. The number of nitrogens with one attached hydrogen (secondary N) is 1. The number of nitrogen functional groups attached to an aromatic ring is 1. The van der Waals surface area contributed by atoms with E-state index in [2.05, 4.69) is 27.8 Å². The van der Waals surface area contributed by atoms with Crippen molar-refractivity contribution in [2.75, 3.05) is 31.7 Å². The maximum absolute atomic E-state index is 12.0. The van der Waals surface area contributed by atoms with Gasteiger partial charge in [0.05, 0.1) is 11.4 Å². The van der Waals surface area contributed by atoms with Crippen molar-refractivity contribution >= 4 is 37.3 Å². The largest absolute Gasteiger partial charge is 0.396 e. The number of halogens is 1. The van der Waals surface area contributed by atoms with Crippen molar-refractivity contribution in [3.05, 3.63) is 29.3 Å². The summed E-state index contributed by atoms with van der Waals surface area (Å²) in [4.78, 5) is 0.0951. The molecule has 0 saturated heterocycles. The van der Waals surface area contributed by atoms with Crippen molar-refractivity contribution in [2.24, 2.45) is 0 Å². The molecule has 0 atom stereocenters. The number of rotatable bonds is 5. The zero-order valence-corrected chi connectivity index (χ0v) is 12.7. The van der Waals surface area contributed by atoms with E-state index in [0.29, 0.717) is 12.2 Å². The number of nitrogens with two attached hydrogens (primary N) is 1. The summed E-state index contributed by atoms with van der Waals surface area (Å²) in [5, 5.41) is 3.01. The van der Waals surface area contributed by atoms with Gasteiger partial charge in [-0.1, -0.05) is 28.6 Å². The molecule has 0 aliphatic carbocycles. The molecule has 0 aromatic heterocycles. The third-order valence-corrected chi connectivity index (χ3v) is 4.45. The van der Waals surface area contributed by atoms with Gasteiger partial charge in [0.2, 0.25) is 10.0 Å². The Balaban J connectivity index is 3.18. The highest BCUT2D eigenvalue weighted by Gasteiger charge is 2.21. The van der Waals surface area contributed by atoms with Crippen LogP contribution in [0.15, 0.2) is 34.2 Å². The summed E-state index contributed by atoms with van der Waals surface area (Å²) in [5.41, 5.74) is 6.66. The smallest absolute Gasteiger partial charge is 0.244 e. The second kappa shape index (κ2) is 5.73. The lowest BCUT2D eigenvalue weighted by Gasteiger charge is -2.16. The Morgan fingerprint density at radius 3 is 2.61 bits per heavy atom. The summed E-state index contributed by atoms with van der Waals surface area (Å²) in [7, 11) is -0.600. The Kier molecular flexibility index (Phi) is 4.78. The van der Waals surface area contributed by atoms with Crippen LogP contribution in [0.1, 0.15) is 0 Å². The average molecular weight is 334 g/mol. The van der Waals surface area contributed by atoms with Gasteiger partial charge in [0, 0.05) is 25.1 Å². The van der Waals surface area contributed by atoms with E-state index in [9.17, 15) is 8.42 Å². The Morgan fingerprint density at radius 1 is 1.50 bits per heavy atom. The molecule has 1 aromatic carbocycles. The van der Waals surface area contributed by atoms with E-state index in [1.807, 2.05) is 0 Å². The maximum atomic E-state index is 12.0. The molecule has 1 rings (SSSR count). The lowest BCUT2D eigenvalue weighted by molar-refractivity contribution is 0.521. The molecule has 0 bridgehead atoms. The molecule has 0 spiro atoms. The minimum absolute atomic E-state index is 0.0951. The zero-order chi connectivity index (χ0) is 13.9. The van der Waals surface area contributed by atoms with Gasteiger partial charge in [-0.15, -0.1) is 0 Å². The molecule has 0 radical (unpaired) electrons. The van der Waals surface area contributed by atoms with Crippen LogP contribution < -0.4 is 11.1 Å². The van der Waals surface area contributed by atoms with Crippen LogP contribution in [0.3, 0.4) is 0 Å². The van der Waals surface area contributed by atoms with Crippen molar-refractivity contribution < 1.29 is 8.42 Å². The van der Waals surface area contributed by atoms with E-state index in [0.717, 1.165) is 8.79 Å². The van der Waals surface area contributed by atoms with E-state index in [4.69, 9.17) is 5.73 Å². The van der Waals surface area contributed by atoms with Gasteiger partial charge in [-0.25, -0.2) is 12.7 Å². The fourth-order valence-corrected chi connectivity index (χ4v) is 2.48. The molecule has 0 aliphatic heterocycles. The molecule has 5 nitrogen and oxygen atoms in total. The molecule has 0 unspecified atom stereocenters. The van der Waals surface area contributed by atoms with E-state index in [-0.39, 0.29) is 10.6 Å². The van der Waals surface area contributed by atoms with Crippen LogP contribution in [0, 0.1) is 0 Å². The molecule has 0 saturated carbocycles. The molecule has 3 N–H and O–H groups in total. The van der Waals surface area contributed by atoms with Crippen molar-refractivity contribution in [1.82, 2.24) is 4.31 Å². The molecular weight excluding hydrogens is 318 g/mol. The minimum Gasteiger partial charge on any atom is -0.396 e. The first-order valence-electron chi connectivity index (χ1n) is 5.15. The maximum Gasteiger partial charge on any atom is 0.244 e. The monoisotopic (exact) mass is 333 g/mol. The number of hydrogen-bond acceptors (Lipinski definition) is 4. The van der Waals surface area contributed by atoms with Crippen LogP contribution >= 0.6 is 15.9 Å². The van der Waals surface area contributed by atoms with Crippen molar-refractivity contribution in [3.8, 4) is 0 Å². The van der Waals surface area contributed by atoms with Gasteiger partial charge in [0.25, 0.3) is 0 Å². The highest BCUT2D eigenvalue weighted by molar-refractivity contribution is 9.11. The molecule has 7 heteroatoms. The van der Waals surface area contributed by atoms with E-state index >= 15 is 0 Å². The summed E-state index contributed by atoms with van der Waals surface area (Å²) >= 11 is 3.21. The topological polar surface area (TPSA) is 75.4 Å². The van der Waals surface area contributed by atoms with E-state index < -0.39 is 10.0 Å². The van der Waals surface area contributed by atoms with Crippen molar-refractivity contribution in [2.45, 2.75) is 4.90 Å². The van der Waals surface area contributed by atoms with Gasteiger partial charge in [-0.05, 0) is 12.1 Å². The molecule has 0 aliphatic rings. The predicted octanol–water partition coefficient (Wildman–Crippen LogP) is 1.84. The number of hydrogen-bond donors (Lipinski definition) is 2. The summed E-state index contributed by atoms with van der Waals surface area (Å²) in [6.07, 6.45) is 0. The van der Waals surface area contributed by atoms with Crippen LogP contribution in [-0.2, 0) is 10.0 Å². The number of benzene rings is 1. The third kappa shape index (κ3) is 3.24. The zero-order valence-electron chi connectivity index (χ0n) is 10.3. The number of anilines is 2. The lowest BCUT2D eigenvalue weighted by atomic mass is 10.2. The Bertz CT molecular complexity index is 555. The number of nitrogens with zero attached hydrogens (tertiary/aromatic N) is 1. The second-order valence-corrected chi connectivity index (χ2v) is 7.12. The van der Waals surface area contributed by atoms with Crippen LogP contribution in [0.25, 0.3) is 0 Å². The number of para-hydroxylation sites is 1. The summed E-state index contributed by atoms with van der Waals surface area (Å²) < 4.78 is 26.0. The lowest BCUT2D eigenvalue weighted by Crippen LogP contribution is -2.23. The van der Waals surface area contributed by atoms with Crippen molar-refractivity contribution in [3.63, 3.8) is 0 Å². The second-order valence-electron chi connectivity index (χ2n) is 3.88. The highest BCUT2D eigenvalue weighted by Crippen LogP contribution is 2.28. The molecule has 100 valence electrons. The van der Waals surface area contributed by atoms with Crippen LogP contribution in [0.4, 0.5) is 11.4 Å². The van der Waals surface area contributed by atoms with Gasteiger partial charge in [-0.2, -0.15) is 0 Å². The fourth-order valence-electron chi connectivity index (χ4n) is 1.31. The SMILES string of the molecule is C=C(Br)CNc1cccc(S(=O)(=O)N(C)C)c1N. The first-order chi connectivity index (χ1) is 8.26. The average Bonchev–Trinajstić information content (AvgIpc) is 2.27. The molecule has 18 heavy (non-hydrogen) atoms. The van der Waals surface area contributed by atoms with Crippen LogP contribution in [0.5, 0.6) is 0 Å². The highest BCUT2D eigenvalue weighted by atomic mass is 79.9. The molecule has 0 fully saturated rings. The quantitative estimate of drug-likeness (QED) is 0.806. The summed E-state index contributed by atoms with van der Waals surface area (Å²) in [5.74, 6) is 0. The Hall–Kier alpha value is -1.05. The van der Waals surface area contributed by atoms with Gasteiger partial charge in [0.15, 0.2) is 0 Å². The van der Waals surface area contributed by atoms with Crippen LogP contribution in [0.2, 0.25) is 0 Å². The standard InChI is InChI=1S/C11H16BrN3O2S/c1-8(12)7-14-9-5-4-6-10(11(9)13)18(16,17)15(2)3/h4-6,14H,1,7,13H2,2-3H3. The molecule has 0 heterocycles. The summed E-state index contributed by atoms with van der Waals surface area (Å²) in [6.45, 7) is 4.15. The normalized spacial score (nSPS) is 11.6. The fraction of sp³-hybridized carbons (Fsp3) is 0.273. The van der Waals surface area contributed by atoms with E-state index in [1.54, 1.807) is 12.1 Å². The Morgan fingerprint density at radius 2 is 2.11 bits per heavy atom. The molecule has 1 aromatic rings. The molecular formula is C11H16BrN3O2S.